The minimum absolute atomic E-state index is 0.133. The summed E-state index contributed by atoms with van der Waals surface area (Å²) >= 11 is 5.82. The van der Waals surface area contributed by atoms with Crippen LogP contribution in [0.2, 0.25) is 5.02 Å². The molecule has 5 heteroatoms. The molecule has 22 heavy (non-hydrogen) atoms. The molecule has 114 valence electrons. The van der Waals surface area contributed by atoms with Crippen molar-refractivity contribution in [2.24, 2.45) is 5.92 Å². The number of benzene rings is 2. The molecule has 0 spiro atoms. The Kier molecular flexibility index (Phi) is 5.17. The lowest BCUT2D eigenvalue weighted by Crippen LogP contribution is -2.21. The maximum atomic E-state index is 12.4. The Bertz CT molecular complexity index is 681. The summed E-state index contributed by atoms with van der Waals surface area (Å²) in [5, 5.41) is 6.14. The summed E-state index contributed by atoms with van der Waals surface area (Å²) in [4.78, 5) is 24.2. The minimum Gasteiger partial charge on any atom is -0.325 e. The summed E-state index contributed by atoms with van der Waals surface area (Å²) in [6.07, 6.45) is 0. The molecule has 0 aliphatic heterocycles. The van der Waals surface area contributed by atoms with E-state index in [1.54, 1.807) is 62.4 Å². The molecule has 4 nitrogen and oxygen atoms in total. The van der Waals surface area contributed by atoms with Crippen molar-refractivity contribution in [3.05, 3.63) is 59.1 Å². The number of para-hydroxylation sites is 1. The third-order valence-electron chi connectivity index (χ3n) is 3.06. The van der Waals surface area contributed by atoms with Gasteiger partial charge < -0.3 is 10.6 Å². The molecule has 0 unspecified atom stereocenters. The van der Waals surface area contributed by atoms with Gasteiger partial charge in [0, 0.05) is 16.6 Å². The van der Waals surface area contributed by atoms with Crippen molar-refractivity contribution in [3.8, 4) is 0 Å². The van der Waals surface area contributed by atoms with Gasteiger partial charge in [0.1, 0.15) is 0 Å². The van der Waals surface area contributed by atoms with Crippen LogP contribution in [0, 0.1) is 5.92 Å². The van der Waals surface area contributed by atoms with Crippen LogP contribution in [-0.4, -0.2) is 11.8 Å². The fourth-order valence-corrected chi connectivity index (χ4v) is 1.92. The Morgan fingerprint density at radius 2 is 1.59 bits per heavy atom. The van der Waals surface area contributed by atoms with Crippen LogP contribution in [0.1, 0.15) is 24.2 Å². The van der Waals surface area contributed by atoms with Gasteiger partial charge in [-0.3, -0.25) is 9.59 Å². The fraction of sp³-hybridized carbons (Fsp3) is 0.176. The molecule has 2 N–H and O–H groups in total. The van der Waals surface area contributed by atoms with Gasteiger partial charge in [0.15, 0.2) is 0 Å². The molecule has 0 aromatic heterocycles. The molecule has 2 amide bonds. The van der Waals surface area contributed by atoms with Crippen LogP contribution in [0.4, 0.5) is 11.4 Å². The van der Waals surface area contributed by atoms with Crippen molar-refractivity contribution in [1.29, 1.82) is 0 Å². The van der Waals surface area contributed by atoms with E-state index in [2.05, 4.69) is 10.6 Å². The first-order chi connectivity index (χ1) is 10.5. The number of anilines is 2. The van der Waals surface area contributed by atoms with Crippen molar-refractivity contribution in [1.82, 2.24) is 0 Å². The number of carbonyl (C=O) groups excluding carboxylic acids is 2. The molecular weight excluding hydrogens is 300 g/mol. The third-order valence-corrected chi connectivity index (χ3v) is 3.31. The van der Waals surface area contributed by atoms with Gasteiger partial charge in [-0.15, -0.1) is 0 Å². The zero-order chi connectivity index (χ0) is 16.1. The number of halogens is 1. The highest BCUT2D eigenvalue weighted by Gasteiger charge is 2.14. The summed E-state index contributed by atoms with van der Waals surface area (Å²) in [5.74, 6) is -0.582. The van der Waals surface area contributed by atoms with Crippen LogP contribution >= 0.6 is 11.6 Å². The summed E-state index contributed by atoms with van der Waals surface area (Å²) in [7, 11) is 0. The highest BCUT2D eigenvalue weighted by molar-refractivity contribution is 6.30. The summed E-state index contributed by atoms with van der Waals surface area (Å²) in [5.41, 5.74) is 1.54. The van der Waals surface area contributed by atoms with Crippen LogP contribution in [0.15, 0.2) is 48.5 Å². The second-order valence-electron chi connectivity index (χ2n) is 5.15. The van der Waals surface area contributed by atoms with Gasteiger partial charge in [0.05, 0.1) is 11.3 Å². The second kappa shape index (κ2) is 7.09. The molecular formula is C17H17ClN2O2. The molecule has 0 aliphatic carbocycles. The Hall–Kier alpha value is -2.33. The monoisotopic (exact) mass is 316 g/mol. The van der Waals surface area contributed by atoms with E-state index in [9.17, 15) is 9.59 Å². The molecule has 2 rings (SSSR count). The molecule has 0 bridgehead atoms. The van der Waals surface area contributed by atoms with E-state index in [1.807, 2.05) is 0 Å². The van der Waals surface area contributed by atoms with Crippen LogP contribution in [0.25, 0.3) is 0 Å². The maximum absolute atomic E-state index is 12.4. The molecule has 0 saturated heterocycles. The number of rotatable bonds is 4. The minimum atomic E-state index is -0.290. The van der Waals surface area contributed by atoms with Crippen molar-refractivity contribution >= 4 is 34.8 Å². The number of hydrogen-bond acceptors (Lipinski definition) is 2. The first kappa shape index (κ1) is 16.0. The van der Waals surface area contributed by atoms with Crippen LogP contribution in [0.5, 0.6) is 0 Å². The molecule has 2 aromatic carbocycles. The standard InChI is InChI=1S/C17H17ClN2O2/c1-11(2)16(21)20-15-6-4-3-5-14(15)17(22)19-13-9-7-12(18)8-10-13/h3-11H,1-2H3,(H,19,22)(H,20,21). The van der Waals surface area contributed by atoms with E-state index in [0.29, 0.717) is 22.0 Å². The zero-order valence-corrected chi connectivity index (χ0v) is 13.1. The Balaban J connectivity index is 2.19. The smallest absolute Gasteiger partial charge is 0.257 e. The predicted octanol–water partition coefficient (Wildman–Crippen LogP) is 4.19. The topological polar surface area (TPSA) is 58.2 Å². The van der Waals surface area contributed by atoms with E-state index in [4.69, 9.17) is 11.6 Å². The van der Waals surface area contributed by atoms with Crippen molar-refractivity contribution in [2.45, 2.75) is 13.8 Å². The Labute approximate surface area is 134 Å². The molecule has 0 fully saturated rings. The van der Waals surface area contributed by atoms with Crippen LogP contribution in [0.3, 0.4) is 0 Å². The van der Waals surface area contributed by atoms with Crippen molar-refractivity contribution in [2.75, 3.05) is 10.6 Å². The maximum Gasteiger partial charge on any atom is 0.257 e. The lowest BCUT2D eigenvalue weighted by molar-refractivity contribution is -0.118. The molecule has 0 aliphatic rings. The molecule has 0 heterocycles. The average Bonchev–Trinajstić information content (AvgIpc) is 2.50. The third kappa shape index (κ3) is 4.09. The van der Waals surface area contributed by atoms with Gasteiger partial charge >= 0.3 is 0 Å². The van der Waals surface area contributed by atoms with Gasteiger partial charge in [-0.05, 0) is 36.4 Å². The number of amides is 2. The van der Waals surface area contributed by atoms with Gasteiger partial charge in [-0.25, -0.2) is 0 Å². The molecule has 0 radical (unpaired) electrons. The van der Waals surface area contributed by atoms with Gasteiger partial charge in [0.2, 0.25) is 5.91 Å². The molecule has 2 aromatic rings. The number of nitrogens with one attached hydrogen (secondary N) is 2. The van der Waals surface area contributed by atoms with Crippen molar-refractivity contribution in [3.63, 3.8) is 0 Å². The van der Waals surface area contributed by atoms with E-state index < -0.39 is 0 Å². The fourth-order valence-electron chi connectivity index (χ4n) is 1.80. The van der Waals surface area contributed by atoms with E-state index in [0.717, 1.165) is 0 Å². The SMILES string of the molecule is CC(C)C(=O)Nc1ccccc1C(=O)Nc1ccc(Cl)cc1. The normalized spacial score (nSPS) is 10.4. The second-order valence-corrected chi connectivity index (χ2v) is 5.59. The van der Waals surface area contributed by atoms with Gasteiger partial charge in [-0.2, -0.15) is 0 Å². The predicted molar refractivity (Wildman–Crippen MR) is 89.3 cm³/mol. The highest BCUT2D eigenvalue weighted by atomic mass is 35.5. The largest absolute Gasteiger partial charge is 0.325 e. The summed E-state index contributed by atoms with van der Waals surface area (Å²) in [6.45, 7) is 3.59. The van der Waals surface area contributed by atoms with Crippen molar-refractivity contribution < 1.29 is 9.59 Å². The first-order valence-corrected chi connectivity index (χ1v) is 7.32. The average molecular weight is 317 g/mol. The zero-order valence-electron chi connectivity index (χ0n) is 12.4. The van der Waals surface area contributed by atoms with E-state index in [-0.39, 0.29) is 17.7 Å². The van der Waals surface area contributed by atoms with Gasteiger partial charge in [0.25, 0.3) is 5.91 Å². The van der Waals surface area contributed by atoms with Crippen LogP contribution in [-0.2, 0) is 4.79 Å². The van der Waals surface area contributed by atoms with Crippen LogP contribution < -0.4 is 10.6 Å². The summed E-state index contributed by atoms with van der Waals surface area (Å²) in [6, 6.07) is 13.7. The molecule has 0 saturated carbocycles. The number of hydrogen-bond donors (Lipinski definition) is 2. The lowest BCUT2D eigenvalue weighted by Gasteiger charge is -2.12. The Morgan fingerprint density at radius 1 is 0.955 bits per heavy atom. The summed E-state index contributed by atoms with van der Waals surface area (Å²) < 4.78 is 0. The lowest BCUT2D eigenvalue weighted by atomic mass is 10.1. The highest BCUT2D eigenvalue weighted by Crippen LogP contribution is 2.19. The van der Waals surface area contributed by atoms with E-state index >= 15 is 0 Å². The van der Waals surface area contributed by atoms with Gasteiger partial charge in [-0.1, -0.05) is 37.6 Å². The quantitative estimate of drug-likeness (QED) is 0.888. The number of carbonyl (C=O) groups is 2. The van der Waals surface area contributed by atoms with E-state index in [1.165, 1.54) is 0 Å². The Morgan fingerprint density at radius 3 is 2.23 bits per heavy atom. The molecule has 0 atom stereocenters. The first-order valence-electron chi connectivity index (χ1n) is 6.94.